The molecule has 2 aromatic rings. The molecule has 0 aliphatic carbocycles. The fourth-order valence-corrected chi connectivity index (χ4v) is 4.07. The molecule has 4 N–H and O–H groups in total. The summed E-state index contributed by atoms with van der Waals surface area (Å²) in [6, 6.07) is 6.77. The number of halogens is 2. The van der Waals surface area contributed by atoms with Gasteiger partial charge in [0.2, 0.25) is 0 Å². The van der Waals surface area contributed by atoms with E-state index in [1.54, 1.807) is 24.3 Å². The number of nitrogens with two attached hydrogens (primary N) is 2. The smallest absolute Gasteiger partial charge is 0.257 e. The van der Waals surface area contributed by atoms with Crippen LogP contribution in [-0.4, -0.2) is 15.9 Å². The van der Waals surface area contributed by atoms with Crippen LogP contribution >= 0.6 is 23.4 Å². The van der Waals surface area contributed by atoms with Gasteiger partial charge in [-0.3, -0.25) is 0 Å². The van der Waals surface area contributed by atoms with Gasteiger partial charge in [0, 0.05) is 22.6 Å². The van der Waals surface area contributed by atoms with Gasteiger partial charge in [-0.15, -0.1) is 0 Å². The summed E-state index contributed by atoms with van der Waals surface area (Å²) in [7, 11) is 0. The highest BCUT2D eigenvalue weighted by molar-refractivity contribution is 8.13. The first-order chi connectivity index (χ1) is 11.0. The van der Waals surface area contributed by atoms with Gasteiger partial charge in [-0.05, 0) is 30.7 Å². The van der Waals surface area contributed by atoms with Crippen LogP contribution in [-0.2, 0) is 5.54 Å². The number of pyridine rings is 1. The topological polar surface area (TPSA) is 86.5 Å². The largest absolute Gasteiger partial charge is 0.452 e. The summed E-state index contributed by atoms with van der Waals surface area (Å²) in [6.07, 6.45) is 0.630. The highest BCUT2D eigenvalue weighted by Crippen LogP contribution is 2.54. The average Bonchev–Trinajstić information content (AvgIpc) is 2.50. The lowest BCUT2D eigenvalue weighted by molar-refractivity contribution is 0.362. The average molecular weight is 351 g/mol. The molecule has 23 heavy (non-hydrogen) atoms. The molecule has 0 saturated carbocycles. The number of hydrogen-bond donors (Lipinski definition) is 2. The molecule has 0 bridgehead atoms. The Bertz CT molecular complexity index is 860. The normalized spacial score (nSPS) is 22.1. The van der Waals surface area contributed by atoms with Gasteiger partial charge in [-0.25, -0.2) is 9.98 Å². The summed E-state index contributed by atoms with van der Waals surface area (Å²) in [6.45, 7) is 0. The molecule has 4 rings (SSSR count). The maximum absolute atomic E-state index is 14.3. The lowest BCUT2D eigenvalue weighted by Gasteiger charge is -2.39. The summed E-state index contributed by atoms with van der Waals surface area (Å²) in [5.41, 5.74) is 12.9. The second-order valence-electron chi connectivity index (χ2n) is 5.38. The van der Waals surface area contributed by atoms with Crippen molar-refractivity contribution >= 4 is 34.2 Å². The molecule has 1 spiro atoms. The summed E-state index contributed by atoms with van der Waals surface area (Å²) >= 11 is 7.42. The predicted octanol–water partition coefficient (Wildman–Crippen LogP) is 3.26. The summed E-state index contributed by atoms with van der Waals surface area (Å²) in [4.78, 5) is 8.29. The second-order valence-corrected chi connectivity index (χ2v) is 6.88. The molecule has 2 aliphatic heterocycles. The quantitative estimate of drug-likeness (QED) is 0.562. The number of fused-ring (bicyclic) bond motifs is 4. The van der Waals surface area contributed by atoms with E-state index in [-0.39, 0.29) is 10.9 Å². The third-order valence-electron chi connectivity index (χ3n) is 4.02. The highest BCUT2D eigenvalue weighted by Gasteiger charge is 2.45. The van der Waals surface area contributed by atoms with E-state index in [4.69, 9.17) is 27.8 Å². The summed E-state index contributed by atoms with van der Waals surface area (Å²) in [5, 5.41) is 0.481. The number of anilines is 1. The van der Waals surface area contributed by atoms with Gasteiger partial charge in [0.15, 0.2) is 10.9 Å². The number of nitrogens with zero attached hydrogens (tertiary/aromatic N) is 2. The minimum atomic E-state index is -0.860. The van der Waals surface area contributed by atoms with E-state index in [1.165, 1.54) is 11.8 Å². The third-order valence-corrected chi connectivity index (χ3v) is 5.01. The molecule has 2 aliphatic rings. The van der Waals surface area contributed by atoms with Crippen molar-refractivity contribution in [3.05, 3.63) is 46.5 Å². The number of ether oxygens (including phenoxy) is 1. The summed E-state index contributed by atoms with van der Waals surface area (Å²) < 4.78 is 20.0. The van der Waals surface area contributed by atoms with Crippen LogP contribution in [0.3, 0.4) is 0 Å². The molecule has 8 heteroatoms. The lowest BCUT2D eigenvalue weighted by Crippen LogP contribution is -2.36. The van der Waals surface area contributed by atoms with Crippen LogP contribution in [0.4, 0.5) is 10.1 Å². The van der Waals surface area contributed by atoms with E-state index < -0.39 is 11.5 Å². The molecule has 118 valence electrons. The van der Waals surface area contributed by atoms with E-state index in [0.29, 0.717) is 28.6 Å². The molecule has 0 saturated heterocycles. The van der Waals surface area contributed by atoms with Crippen LogP contribution in [0.5, 0.6) is 11.5 Å². The number of aromatic nitrogens is 1. The third kappa shape index (κ3) is 2.14. The van der Waals surface area contributed by atoms with E-state index in [9.17, 15) is 4.39 Å². The molecule has 3 heterocycles. The number of thioether (sulfide) groups is 1. The zero-order chi connectivity index (χ0) is 16.2. The highest BCUT2D eigenvalue weighted by atomic mass is 35.5. The Hall–Kier alpha value is -1.99. The van der Waals surface area contributed by atoms with Crippen molar-refractivity contribution in [1.29, 1.82) is 0 Å². The van der Waals surface area contributed by atoms with E-state index in [1.807, 2.05) is 0 Å². The fraction of sp³-hybridized carbons (Fsp3) is 0.200. The Morgan fingerprint density at radius 1 is 1.26 bits per heavy atom. The van der Waals surface area contributed by atoms with Gasteiger partial charge >= 0.3 is 0 Å². The van der Waals surface area contributed by atoms with Crippen molar-refractivity contribution in [2.24, 2.45) is 10.7 Å². The molecule has 5 nitrogen and oxygen atoms in total. The molecular formula is C15H12ClFN4OS. The SMILES string of the molecule is NC1=N[C@@]2(CCS1)c1cc(N)ccc1Oc1c2cc(Cl)nc1F. The Labute approximate surface area is 140 Å². The molecule has 1 aromatic carbocycles. The van der Waals surface area contributed by atoms with Crippen molar-refractivity contribution in [1.82, 2.24) is 4.98 Å². The zero-order valence-electron chi connectivity index (χ0n) is 11.8. The molecule has 0 unspecified atom stereocenters. The maximum Gasteiger partial charge on any atom is 0.257 e. The fourth-order valence-electron chi connectivity index (χ4n) is 3.06. The molecule has 0 radical (unpaired) electrons. The molecule has 0 amide bonds. The predicted molar refractivity (Wildman–Crippen MR) is 89.6 cm³/mol. The van der Waals surface area contributed by atoms with Gasteiger partial charge in [0.25, 0.3) is 5.95 Å². The number of nitrogen functional groups attached to an aromatic ring is 1. The summed E-state index contributed by atoms with van der Waals surface area (Å²) in [5.74, 6) is 0.513. The molecule has 0 fully saturated rings. The standard InChI is InChI=1S/C15H12ClFN4OS/c16-11-6-9-12(13(17)20-11)22-10-2-1-7(18)5-8(10)15(9)3-4-23-14(19)21-15/h1-2,5-6H,3-4,18H2,(H2,19,21)/t15-/m0/s1. The van der Waals surface area contributed by atoms with Gasteiger partial charge in [0.1, 0.15) is 16.4 Å². The van der Waals surface area contributed by atoms with E-state index in [0.717, 1.165) is 11.3 Å². The molecular weight excluding hydrogens is 339 g/mol. The van der Waals surface area contributed by atoms with Crippen LogP contribution in [0.2, 0.25) is 5.15 Å². The Kier molecular flexibility index (Phi) is 3.18. The van der Waals surface area contributed by atoms with Crippen molar-refractivity contribution in [2.45, 2.75) is 12.0 Å². The van der Waals surface area contributed by atoms with Crippen LogP contribution in [0, 0.1) is 5.95 Å². The first-order valence-electron chi connectivity index (χ1n) is 6.92. The van der Waals surface area contributed by atoms with Crippen LogP contribution < -0.4 is 16.2 Å². The van der Waals surface area contributed by atoms with Gasteiger partial charge in [-0.1, -0.05) is 23.4 Å². The molecule has 1 atom stereocenters. The molecule has 1 aromatic heterocycles. The van der Waals surface area contributed by atoms with Crippen molar-refractivity contribution in [3.8, 4) is 11.5 Å². The Balaban J connectivity index is 2.08. The van der Waals surface area contributed by atoms with Crippen LogP contribution in [0.25, 0.3) is 0 Å². The van der Waals surface area contributed by atoms with Gasteiger partial charge in [0.05, 0.1) is 0 Å². The maximum atomic E-state index is 14.3. The van der Waals surface area contributed by atoms with Gasteiger partial charge in [-0.2, -0.15) is 4.39 Å². The lowest BCUT2D eigenvalue weighted by atomic mass is 9.78. The van der Waals surface area contributed by atoms with Gasteiger partial charge < -0.3 is 16.2 Å². The zero-order valence-corrected chi connectivity index (χ0v) is 13.4. The number of amidine groups is 1. The van der Waals surface area contributed by atoms with Crippen LogP contribution in [0.1, 0.15) is 17.5 Å². The number of benzene rings is 1. The number of hydrogen-bond acceptors (Lipinski definition) is 6. The first-order valence-corrected chi connectivity index (χ1v) is 8.28. The minimum Gasteiger partial charge on any atom is -0.452 e. The van der Waals surface area contributed by atoms with E-state index >= 15 is 0 Å². The van der Waals surface area contributed by atoms with Crippen LogP contribution in [0.15, 0.2) is 29.3 Å². The van der Waals surface area contributed by atoms with Crippen molar-refractivity contribution in [2.75, 3.05) is 11.5 Å². The Morgan fingerprint density at radius 2 is 2.09 bits per heavy atom. The van der Waals surface area contributed by atoms with E-state index in [2.05, 4.69) is 9.98 Å². The second kappa shape index (κ2) is 5.01. The number of aliphatic imine (C=N–C) groups is 1. The first kappa shape index (κ1) is 14.6. The minimum absolute atomic E-state index is 0.0371. The number of rotatable bonds is 0. The Morgan fingerprint density at radius 3 is 2.87 bits per heavy atom. The van der Waals surface area contributed by atoms with Crippen molar-refractivity contribution < 1.29 is 9.13 Å². The monoisotopic (exact) mass is 350 g/mol. The van der Waals surface area contributed by atoms with Crippen molar-refractivity contribution in [3.63, 3.8) is 0 Å².